The molecule has 0 fully saturated rings. The number of aromatic nitrogens is 1. The van der Waals surface area contributed by atoms with Crippen molar-refractivity contribution in [1.82, 2.24) is 5.16 Å². The molecule has 2 rings (SSSR count). The Kier molecular flexibility index (Phi) is 2.29. The van der Waals surface area contributed by atoms with Crippen LogP contribution in [-0.4, -0.2) is 25.3 Å². The van der Waals surface area contributed by atoms with Gasteiger partial charge in [-0.25, -0.2) is 4.79 Å². The van der Waals surface area contributed by atoms with E-state index in [1.165, 1.54) is 14.2 Å². The number of fused-ring (bicyclic) bond motifs is 1. The number of ether oxygens (including phenoxy) is 2. The predicted molar refractivity (Wildman–Crippen MR) is 51.9 cm³/mol. The molecule has 1 aromatic carbocycles. The first-order chi connectivity index (χ1) is 7.27. The lowest BCUT2D eigenvalue weighted by Crippen LogP contribution is -2.02. The van der Waals surface area contributed by atoms with Crippen LogP contribution in [0.2, 0.25) is 0 Å². The van der Waals surface area contributed by atoms with Gasteiger partial charge in [-0.3, -0.25) is 0 Å². The number of hydrogen-bond donors (Lipinski definition) is 0. The lowest BCUT2D eigenvalue weighted by Gasteiger charge is -2.00. The lowest BCUT2D eigenvalue weighted by atomic mass is 10.2. The van der Waals surface area contributed by atoms with Crippen LogP contribution >= 0.6 is 0 Å². The van der Waals surface area contributed by atoms with Gasteiger partial charge in [-0.1, -0.05) is 11.2 Å². The van der Waals surface area contributed by atoms with Crippen LogP contribution < -0.4 is 4.74 Å². The molecule has 0 unspecified atom stereocenters. The summed E-state index contributed by atoms with van der Waals surface area (Å²) in [7, 11) is 2.81. The molecule has 5 nitrogen and oxygen atoms in total. The van der Waals surface area contributed by atoms with Gasteiger partial charge in [0, 0.05) is 0 Å². The topological polar surface area (TPSA) is 61.6 Å². The van der Waals surface area contributed by atoms with Crippen molar-refractivity contribution >= 4 is 16.9 Å². The Hall–Kier alpha value is -2.04. The first-order valence-electron chi connectivity index (χ1n) is 4.28. The minimum atomic E-state index is -0.543. The molecule has 0 spiro atoms. The van der Waals surface area contributed by atoms with Gasteiger partial charge in [-0.2, -0.15) is 0 Å². The van der Waals surface area contributed by atoms with Gasteiger partial charge in [-0.05, 0) is 12.1 Å². The second-order valence-electron chi connectivity index (χ2n) is 2.86. The Bertz CT molecular complexity index is 503. The number of hydrogen-bond acceptors (Lipinski definition) is 5. The molecule has 0 saturated heterocycles. The van der Waals surface area contributed by atoms with Gasteiger partial charge >= 0.3 is 5.97 Å². The van der Waals surface area contributed by atoms with Crippen molar-refractivity contribution in [3.63, 3.8) is 0 Å². The first kappa shape index (κ1) is 9.51. The normalized spacial score (nSPS) is 10.3. The van der Waals surface area contributed by atoms with Gasteiger partial charge in [-0.15, -0.1) is 0 Å². The van der Waals surface area contributed by atoms with E-state index in [2.05, 4.69) is 9.89 Å². The van der Waals surface area contributed by atoms with Crippen LogP contribution in [0.25, 0.3) is 11.0 Å². The van der Waals surface area contributed by atoms with Crippen LogP contribution in [0.5, 0.6) is 5.75 Å². The fourth-order valence-electron chi connectivity index (χ4n) is 1.37. The molecule has 1 heterocycles. The summed E-state index contributed by atoms with van der Waals surface area (Å²) in [5, 5.41) is 4.18. The van der Waals surface area contributed by atoms with E-state index in [4.69, 9.17) is 9.26 Å². The van der Waals surface area contributed by atoms with Crippen LogP contribution in [0.1, 0.15) is 10.5 Å². The van der Waals surface area contributed by atoms with E-state index in [0.29, 0.717) is 16.7 Å². The van der Waals surface area contributed by atoms with Crippen LogP contribution in [0, 0.1) is 0 Å². The SMILES string of the molecule is COC(=O)c1noc2cccc(OC)c12. The van der Waals surface area contributed by atoms with Crippen molar-refractivity contribution in [2.24, 2.45) is 0 Å². The maximum absolute atomic E-state index is 11.4. The quantitative estimate of drug-likeness (QED) is 0.700. The Morgan fingerprint density at radius 2 is 2.20 bits per heavy atom. The Morgan fingerprint density at radius 1 is 1.40 bits per heavy atom. The molecule has 0 saturated carbocycles. The molecule has 0 radical (unpaired) electrons. The maximum Gasteiger partial charge on any atom is 0.361 e. The van der Waals surface area contributed by atoms with E-state index in [1.54, 1.807) is 18.2 Å². The lowest BCUT2D eigenvalue weighted by molar-refractivity contribution is 0.0591. The van der Waals surface area contributed by atoms with Gasteiger partial charge in [0.1, 0.15) is 5.75 Å². The average Bonchev–Trinajstić information content (AvgIpc) is 2.71. The highest BCUT2D eigenvalue weighted by Crippen LogP contribution is 2.28. The third-order valence-corrected chi connectivity index (χ3v) is 2.06. The van der Waals surface area contributed by atoms with Crippen molar-refractivity contribution in [3.05, 3.63) is 23.9 Å². The summed E-state index contributed by atoms with van der Waals surface area (Å²) in [4.78, 5) is 11.4. The molecular weight excluding hydrogens is 198 g/mol. The number of methoxy groups -OCH3 is 2. The fourth-order valence-corrected chi connectivity index (χ4v) is 1.37. The van der Waals surface area contributed by atoms with Crippen LogP contribution in [0.3, 0.4) is 0 Å². The summed E-state index contributed by atoms with van der Waals surface area (Å²) >= 11 is 0. The van der Waals surface area contributed by atoms with Gasteiger partial charge in [0.05, 0.1) is 19.6 Å². The zero-order valence-electron chi connectivity index (χ0n) is 8.31. The molecule has 0 N–H and O–H groups in total. The van der Waals surface area contributed by atoms with E-state index in [0.717, 1.165) is 0 Å². The highest BCUT2D eigenvalue weighted by Gasteiger charge is 2.19. The Balaban J connectivity index is 2.71. The van der Waals surface area contributed by atoms with Crippen LogP contribution in [0.4, 0.5) is 0 Å². The number of rotatable bonds is 2. The Labute approximate surface area is 85.6 Å². The minimum absolute atomic E-state index is 0.130. The zero-order valence-corrected chi connectivity index (χ0v) is 8.31. The van der Waals surface area contributed by atoms with E-state index in [-0.39, 0.29) is 5.69 Å². The number of carbonyl (C=O) groups is 1. The minimum Gasteiger partial charge on any atom is -0.496 e. The molecule has 2 aromatic rings. The van der Waals surface area contributed by atoms with Gasteiger partial charge in [0.2, 0.25) is 5.69 Å². The third kappa shape index (κ3) is 1.41. The van der Waals surface area contributed by atoms with Crippen molar-refractivity contribution in [2.45, 2.75) is 0 Å². The summed E-state index contributed by atoms with van der Waals surface area (Å²) in [6, 6.07) is 5.19. The van der Waals surface area contributed by atoms with E-state index < -0.39 is 5.97 Å². The number of benzene rings is 1. The molecule has 0 atom stereocenters. The van der Waals surface area contributed by atoms with Crippen molar-refractivity contribution in [3.8, 4) is 5.75 Å². The van der Waals surface area contributed by atoms with E-state index >= 15 is 0 Å². The fraction of sp³-hybridized carbons (Fsp3) is 0.200. The average molecular weight is 207 g/mol. The monoisotopic (exact) mass is 207 g/mol. The largest absolute Gasteiger partial charge is 0.496 e. The van der Waals surface area contributed by atoms with Crippen LogP contribution in [-0.2, 0) is 4.74 Å². The van der Waals surface area contributed by atoms with Gasteiger partial charge < -0.3 is 14.0 Å². The molecule has 5 heteroatoms. The molecule has 78 valence electrons. The van der Waals surface area contributed by atoms with E-state index in [1.807, 2.05) is 0 Å². The predicted octanol–water partition coefficient (Wildman–Crippen LogP) is 1.62. The molecule has 0 aliphatic heterocycles. The summed E-state index contributed by atoms with van der Waals surface area (Å²) in [6.45, 7) is 0. The standard InChI is InChI=1S/C10H9NO4/c1-13-6-4-3-5-7-8(6)9(11-15-7)10(12)14-2/h3-5H,1-2H3. The molecule has 15 heavy (non-hydrogen) atoms. The van der Waals surface area contributed by atoms with Gasteiger partial charge in [0.25, 0.3) is 0 Å². The smallest absolute Gasteiger partial charge is 0.361 e. The molecule has 0 bridgehead atoms. The molecule has 0 aliphatic carbocycles. The third-order valence-electron chi connectivity index (χ3n) is 2.06. The molecule has 0 amide bonds. The number of esters is 1. The first-order valence-corrected chi connectivity index (χ1v) is 4.28. The maximum atomic E-state index is 11.4. The molecule has 1 aromatic heterocycles. The number of carbonyl (C=O) groups excluding carboxylic acids is 1. The highest BCUT2D eigenvalue weighted by atomic mass is 16.5. The Morgan fingerprint density at radius 3 is 2.87 bits per heavy atom. The van der Waals surface area contributed by atoms with Gasteiger partial charge in [0.15, 0.2) is 5.58 Å². The summed E-state index contributed by atoms with van der Waals surface area (Å²) in [5.74, 6) is -0.00704. The number of nitrogens with zero attached hydrogens (tertiary/aromatic N) is 1. The second-order valence-corrected chi connectivity index (χ2v) is 2.86. The van der Waals surface area contributed by atoms with Crippen molar-refractivity contribution < 1.29 is 18.8 Å². The second kappa shape index (κ2) is 3.61. The van der Waals surface area contributed by atoms with Crippen molar-refractivity contribution in [2.75, 3.05) is 14.2 Å². The summed E-state index contributed by atoms with van der Waals surface area (Å²) < 4.78 is 14.7. The molecular formula is C10H9NO4. The van der Waals surface area contributed by atoms with E-state index in [9.17, 15) is 4.79 Å². The highest BCUT2D eigenvalue weighted by molar-refractivity contribution is 6.03. The van der Waals surface area contributed by atoms with Crippen molar-refractivity contribution in [1.29, 1.82) is 0 Å². The molecule has 0 aliphatic rings. The summed E-state index contributed by atoms with van der Waals surface area (Å²) in [6.07, 6.45) is 0. The van der Waals surface area contributed by atoms with Crippen LogP contribution in [0.15, 0.2) is 22.7 Å². The summed E-state index contributed by atoms with van der Waals surface area (Å²) in [5.41, 5.74) is 0.625. The zero-order chi connectivity index (χ0) is 10.8.